The van der Waals surface area contributed by atoms with Crippen molar-refractivity contribution in [2.75, 3.05) is 13.2 Å². The molecule has 118 valence electrons. The van der Waals surface area contributed by atoms with Crippen LogP contribution in [0, 0.1) is 0 Å². The first kappa shape index (κ1) is 15.3. The predicted molar refractivity (Wildman–Crippen MR) is 79.7 cm³/mol. The van der Waals surface area contributed by atoms with Gasteiger partial charge in [0.1, 0.15) is 17.0 Å². The Labute approximate surface area is 135 Å². The lowest BCUT2D eigenvalue weighted by Crippen LogP contribution is -2.62. The van der Waals surface area contributed by atoms with E-state index in [4.69, 9.17) is 16.7 Å². The van der Waals surface area contributed by atoms with Crippen molar-refractivity contribution in [3.05, 3.63) is 21.3 Å². The molecule has 2 aliphatic rings. The normalized spacial score (nSPS) is 27.5. The summed E-state index contributed by atoms with van der Waals surface area (Å²) in [5.74, 6) is -0.932. The van der Waals surface area contributed by atoms with Crippen molar-refractivity contribution in [3.63, 3.8) is 0 Å². The summed E-state index contributed by atoms with van der Waals surface area (Å²) in [4.78, 5) is 38.0. The maximum Gasteiger partial charge on any atom is 0.263 e. The van der Waals surface area contributed by atoms with E-state index in [-0.39, 0.29) is 30.3 Å². The van der Waals surface area contributed by atoms with Gasteiger partial charge in [0.25, 0.3) is 5.91 Å². The molecule has 22 heavy (non-hydrogen) atoms. The number of hydrogen-bond acceptors (Lipinski definition) is 5. The van der Waals surface area contributed by atoms with Crippen LogP contribution in [0.25, 0.3) is 0 Å². The Balaban J connectivity index is 1.69. The molecule has 3 heterocycles. The highest BCUT2D eigenvalue weighted by Gasteiger charge is 2.46. The number of nitrogens with one attached hydrogen (secondary N) is 2. The van der Waals surface area contributed by atoms with E-state index < -0.39 is 18.7 Å². The van der Waals surface area contributed by atoms with Crippen LogP contribution >= 0.6 is 22.9 Å². The van der Waals surface area contributed by atoms with E-state index in [9.17, 15) is 14.4 Å². The molecule has 3 amide bonds. The van der Waals surface area contributed by atoms with E-state index in [0.29, 0.717) is 16.3 Å². The fraction of sp³-hybridized carbons (Fsp3) is 0.462. The molecule has 9 heteroatoms. The number of halogens is 1. The van der Waals surface area contributed by atoms with Gasteiger partial charge >= 0.3 is 0 Å². The highest BCUT2D eigenvalue weighted by Crippen LogP contribution is 2.25. The maximum atomic E-state index is 12.1. The van der Waals surface area contributed by atoms with Crippen molar-refractivity contribution in [2.24, 2.45) is 0 Å². The van der Waals surface area contributed by atoms with Gasteiger partial charge in [0, 0.05) is 12.6 Å². The fourth-order valence-electron chi connectivity index (χ4n) is 2.79. The van der Waals surface area contributed by atoms with Gasteiger partial charge in [-0.05, 0) is 17.9 Å². The Morgan fingerprint density at radius 2 is 2.32 bits per heavy atom. The molecule has 1 aromatic heterocycles. The molecular formula is C13H14ClN3O4S. The summed E-state index contributed by atoms with van der Waals surface area (Å²) in [6, 6.07) is -0.172. The number of nitrogens with zero attached hydrogens (tertiary/aromatic N) is 1. The predicted octanol–water partition coefficient (Wildman–Crippen LogP) is -0.408. The molecule has 2 aliphatic heterocycles. The standard InChI is InChI=1S/C13H14ClN3O4S/c14-7-1-2-22-10(7)12(20)15-6-3-9-11(19)16-8(5-18)13(21)17(9)4-6/h1-2,6,8-9,18H,3-5H2,(H,15,20)(H,16,19)/t6-,8-,9-/m0/s1. The van der Waals surface area contributed by atoms with Crippen LogP contribution in [0.2, 0.25) is 5.02 Å². The molecule has 2 saturated heterocycles. The van der Waals surface area contributed by atoms with Crippen LogP contribution in [0.3, 0.4) is 0 Å². The van der Waals surface area contributed by atoms with E-state index in [1.807, 2.05) is 0 Å². The summed E-state index contributed by atoms with van der Waals surface area (Å²) >= 11 is 7.15. The zero-order valence-electron chi connectivity index (χ0n) is 11.4. The van der Waals surface area contributed by atoms with Crippen LogP contribution in [0.15, 0.2) is 11.4 Å². The van der Waals surface area contributed by atoms with Crippen LogP contribution in [0.1, 0.15) is 16.1 Å². The van der Waals surface area contributed by atoms with Crippen molar-refractivity contribution >= 4 is 40.7 Å². The molecule has 0 radical (unpaired) electrons. The zero-order chi connectivity index (χ0) is 15.9. The Kier molecular flexibility index (Phi) is 4.07. The number of piperazine rings is 1. The second kappa shape index (κ2) is 5.86. The molecule has 3 atom stereocenters. The van der Waals surface area contributed by atoms with Crippen LogP contribution in [-0.4, -0.2) is 59.0 Å². The number of carbonyl (C=O) groups excluding carboxylic acids is 3. The molecule has 0 unspecified atom stereocenters. The lowest BCUT2D eigenvalue weighted by molar-refractivity contribution is -0.148. The van der Waals surface area contributed by atoms with Gasteiger partial charge in [-0.15, -0.1) is 11.3 Å². The Bertz CT molecular complexity index is 635. The minimum atomic E-state index is -0.898. The minimum Gasteiger partial charge on any atom is -0.394 e. The first-order chi connectivity index (χ1) is 10.5. The summed E-state index contributed by atoms with van der Waals surface area (Å²) < 4.78 is 0. The number of carbonyl (C=O) groups is 3. The van der Waals surface area contributed by atoms with Gasteiger partial charge in [-0.25, -0.2) is 0 Å². The third-order valence-corrected chi connectivity index (χ3v) is 5.18. The van der Waals surface area contributed by atoms with Gasteiger partial charge in [-0.3, -0.25) is 14.4 Å². The molecule has 0 aromatic carbocycles. The van der Waals surface area contributed by atoms with Gasteiger partial charge in [0.2, 0.25) is 11.8 Å². The third kappa shape index (κ3) is 2.57. The summed E-state index contributed by atoms with van der Waals surface area (Å²) in [6.07, 6.45) is 0.352. The molecule has 2 fully saturated rings. The third-order valence-electron chi connectivity index (χ3n) is 3.84. The van der Waals surface area contributed by atoms with Crippen molar-refractivity contribution in [2.45, 2.75) is 24.5 Å². The lowest BCUT2D eigenvalue weighted by Gasteiger charge is -2.33. The summed E-state index contributed by atoms with van der Waals surface area (Å²) in [5.41, 5.74) is 0. The van der Waals surface area contributed by atoms with Crippen LogP contribution in [0.4, 0.5) is 0 Å². The average Bonchev–Trinajstić information content (AvgIpc) is 3.09. The van der Waals surface area contributed by atoms with E-state index in [1.165, 1.54) is 16.2 Å². The van der Waals surface area contributed by atoms with Crippen LogP contribution in [-0.2, 0) is 9.59 Å². The van der Waals surface area contributed by atoms with Gasteiger partial charge in [-0.2, -0.15) is 0 Å². The monoisotopic (exact) mass is 343 g/mol. The summed E-state index contributed by atoms with van der Waals surface area (Å²) in [5, 5.41) is 16.5. The Hall–Kier alpha value is -1.64. The second-order valence-electron chi connectivity index (χ2n) is 5.25. The number of thiophene rings is 1. The Morgan fingerprint density at radius 3 is 2.95 bits per heavy atom. The molecule has 1 aromatic rings. The van der Waals surface area contributed by atoms with Crippen molar-refractivity contribution in [1.82, 2.24) is 15.5 Å². The van der Waals surface area contributed by atoms with Gasteiger partial charge in [-0.1, -0.05) is 11.6 Å². The van der Waals surface area contributed by atoms with Crippen LogP contribution in [0.5, 0.6) is 0 Å². The number of aliphatic hydroxyl groups excluding tert-OH is 1. The minimum absolute atomic E-state index is 0.252. The largest absolute Gasteiger partial charge is 0.394 e. The number of aliphatic hydroxyl groups is 1. The molecule has 0 bridgehead atoms. The molecule has 7 nitrogen and oxygen atoms in total. The van der Waals surface area contributed by atoms with Crippen molar-refractivity contribution in [3.8, 4) is 0 Å². The number of hydrogen-bond donors (Lipinski definition) is 3. The first-order valence-electron chi connectivity index (χ1n) is 6.77. The van der Waals surface area contributed by atoms with Crippen molar-refractivity contribution in [1.29, 1.82) is 0 Å². The quantitative estimate of drug-likeness (QED) is 0.695. The topological polar surface area (TPSA) is 98.7 Å². The highest BCUT2D eigenvalue weighted by atomic mass is 35.5. The fourth-order valence-corrected chi connectivity index (χ4v) is 3.84. The molecular weight excluding hydrogens is 330 g/mol. The number of fused-ring (bicyclic) bond motifs is 1. The zero-order valence-corrected chi connectivity index (χ0v) is 13.0. The molecule has 0 spiro atoms. The SMILES string of the molecule is O=C(N[C@H]1C[C@H]2C(=O)N[C@@H](CO)C(=O)N2C1)c1sccc1Cl. The lowest BCUT2D eigenvalue weighted by atomic mass is 10.1. The smallest absolute Gasteiger partial charge is 0.263 e. The van der Waals surface area contributed by atoms with Gasteiger partial charge in [0.15, 0.2) is 0 Å². The average molecular weight is 344 g/mol. The maximum absolute atomic E-state index is 12.1. The van der Waals surface area contributed by atoms with Gasteiger partial charge < -0.3 is 20.6 Å². The number of rotatable bonds is 3. The van der Waals surface area contributed by atoms with Gasteiger partial charge in [0.05, 0.1) is 11.6 Å². The molecule has 3 rings (SSSR count). The van der Waals surface area contributed by atoms with E-state index in [1.54, 1.807) is 11.4 Å². The molecule has 0 saturated carbocycles. The summed E-state index contributed by atoms with van der Waals surface area (Å²) in [7, 11) is 0. The van der Waals surface area contributed by atoms with E-state index >= 15 is 0 Å². The second-order valence-corrected chi connectivity index (χ2v) is 6.58. The Morgan fingerprint density at radius 1 is 1.55 bits per heavy atom. The summed E-state index contributed by atoms with van der Waals surface area (Å²) in [6.45, 7) is -0.183. The van der Waals surface area contributed by atoms with Crippen LogP contribution < -0.4 is 10.6 Å². The van der Waals surface area contributed by atoms with E-state index in [2.05, 4.69) is 10.6 Å². The number of amides is 3. The molecule has 3 N–H and O–H groups in total. The van der Waals surface area contributed by atoms with E-state index in [0.717, 1.165) is 0 Å². The first-order valence-corrected chi connectivity index (χ1v) is 8.02. The molecule has 0 aliphatic carbocycles. The van der Waals surface area contributed by atoms with Crippen molar-refractivity contribution < 1.29 is 19.5 Å². The highest BCUT2D eigenvalue weighted by molar-refractivity contribution is 7.12.